The van der Waals surface area contributed by atoms with E-state index in [9.17, 15) is 0 Å². The average Bonchev–Trinajstić information content (AvgIpc) is 3.16. The second kappa shape index (κ2) is 5.06. The number of hydrogen-bond acceptors (Lipinski definition) is 3. The van der Waals surface area contributed by atoms with Crippen LogP contribution in [0.15, 0.2) is 6.20 Å². The molecule has 0 amide bonds. The highest BCUT2D eigenvalue weighted by molar-refractivity contribution is 7.11. The molecule has 3 aliphatic rings. The molecule has 1 aromatic heterocycles. The Morgan fingerprint density at radius 1 is 1.19 bits per heavy atom. The Morgan fingerprint density at radius 3 is 2.76 bits per heavy atom. The third-order valence-electron chi connectivity index (χ3n) is 6.16. The SMILES string of the molecule is CC(C)(C)c1ncc(CNC2CC3CC2C2CCCC32)s1. The Morgan fingerprint density at radius 2 is 2.00 bits per heavy atom. The van der Waals surface area contributed by atoms with Crippen molar-refractivity contribution >= 4 is 11.3 Å². The van der Waals surface area contributed by atoms with Gasteiger partial charge in [0, 0.05) is 29.1 Å². The van der Waals surface area contributed by atoms with Crippen LogP contribution < -0.4 is 5.32 Å². The van der Waals surface area contributed by atoms with Gasteiger partial charge in [0.15, 0.2) is 0 Å². The number of fused-ring (bicyclic) bond motifs is 5. The lowest BCUT2D eigenvalue weighted by molar-refractivity contribution is 0.208. The maximum absolute atomic E-state index is 4.61. The summed E-state index contributed by atoms with van der Waals surface area (Å²) in [6.07, 6.45) is 9.59. The minimum absolute atomic E-state index is 0.187. The quantitative estimate of drug-likeness (QED) is 0.897. The summed E-state index contributed by atoms with van der Waals surface area (Å²) in [6, 6.07) is 0.787. The van der Waals surface area contributed by atoms with E-state index < -0.39 is 0 Å². The van der Waals surface area contributed by atoms with Crippen molar-refractivity contribution in [2.45, 2.75) is 70.9 Å². The predicted octanol–water partition coefficient (Wildman–Crippen LogP) is 4.35. The summed E-state index contributed by atoms with van der Waals surface area (Å²) < 4.78 is 0. The van der Waals surface area contributed by atoms with E-state index in [1.807, 2.05) is 11.3 Å². The first-order valence-electron chi connectivity index (χ1n) is 8.71. The summed E-state index contributed by atoms with van der Waals surface area (Å²) in [7, 11) is 0. The molecule has 3 heteroatoms. The van der Waals surface area contributed by atoms with E-state index in [1.165, 1.54) is 42.0 Å². The van der Waals surface area contributed by atoms with Crippen molar-refractivity contribution in [2.75, 3.05) is 0 Å². The minimum Gasteiger partial charge on any atom is -0.309 e. The lowest BCUT2D eigenvalue weighted by Gasteiger charge is -2.32. The zero-order chi connectivity index (χ0) is 14.6. The molecule has 21 heavy (non-hydrogen) atoms. The number of thiazole rings is 1. The lowest BCUT2D eigenvalue weighted by Crippen LogP contribution is -2.38. The Bertz CT molecular complexity index is 516. The molecule has 4 rings (SSSR count). The van der Waals surface area contributed by atoms with Gasteiger partial charge in [-0.15, -0.1) is 11.3 Å². The number of aromatic nitrogens is 1. The molecule has 0 spiro atoms. The van der Waals surface area contributed by atoms with E-state index in [2.05, 4.69) is 37.3 Å². The van der Waals surface area contributed by atoms with E-state index in [-0.39, 0.29) is 5.41 Å². The van der Waals surface area contributed by atoms with Crippen molar-refractivity contribution in [3.63, 3.8) is 0 Å². The second-order valence-corrected chi connectivity index (χ2v) is 9.64. The lowest BCUT2D eigenvalue weighted by atomic mass is 9.79. The van der Waals surface area contributed by atoms with E-state index in [1.54, 1.807) is 0 Å². The van der Waals surface area contributed by atoms with Crippen LogP contribution in [0.5, 0.6) is 0 Å². The summed E-state index contributed by atoms with van der Waals surface area (Å²) in [5.41, 5.74) is 0.187. The average molecular weight is 305 g/mol. The molecule has 3 fully saturated rings. The van der Waals surface area contributed by atoms with Crippen LogP contribution >= 0.6 is 11.3 Å². The number of nitrogens with zero attached hydrogens (tertiary/aromatic N) is 1. The van der Waals surface area contributed by atoms with E-state index in [4.69, 9.17) is 0 Å². The molecule has 1 heterocycles. The first-order valence-corrected chi connectivity index (χ1v) is 9.52. The van der Waals surface area contributed by atoms with Crippen LogP contribution in [0, 0.1) is 23.7 Å². The molecule has 0 aliphatic heterocycles. The van der Waals surface area contributed by atoms with Crippen LogP contribution in [-0.4, -0.2) is 11.0 Å². The third kappa shape index (κ3) is 2.46. The Balaban J connectivity index is 1.37. The minimum atomic E-state index is 0.187. The molecule has 1 N–H and O–H groups in total. The molecular weight excluding hydrogens is 276 g/mol. The third-order valence-corrected chi connectivity index (χ3v) is 7.59. The topological polar surface area (TPSA) is 24.9 Å². The van der Waals surface area contributed by atoms with Crippen LogP contribution in [0.3, 0.4) is 0 Å². The van der Waals surface area contributed by atoms with Crippen molar-refractivity contribution in [2.24, 2.45) is 23.7 Å². The highest BCUT2D eigenvalue weighted by atomic mass is 32.1. The van der Waals surface area contributed by atoms with Crippen LogP contribution in [0.1, 0.15) is 62.8 Å². The summed E-state index contributed by atoms with van der Waals surface area (Å²) in [6.45, 7) is 7.77. The summed E-state index contributed by atoms with van der Waals surface area (Å²) >= 11 is 1.89. The van der Waals surface area contributed by atoms with Gasteiger partial charge in [0.25, 0.3) is 0 Å². The monoisotopic (exact) mass is 304 g/mol. The van der Waals surface area contributed by atoms with Gasteiger partial charge in [0.05, 0.1) is 5.01 Å². The van der Waals surface area contributed by atoms with Crippen molar-refractivity contribution in [3.05, 3.63) is 16.1 Å². The van der Waals surface area contributed by atoms with Gasteiger partial charge >= 0.3 is 0 Å². The highest BCUT2D eigenvalue weighted by Gasteiger charge is 2.53. The fourth-order valence-electron chi connectivity index (χ4n) is 5.27. The molecule has 0 saturated heterocycles. The number of nitrogens with one attached hydrogen (secondary N) is 1. The van der Waals surface area contributed by atoms with E-state index >= 15 is 0 Å². The van der Waals surface area contributed by atoms with Crippen molar-refractivity contribution in [1.29, 1.82) is 0 Å². The van der Waals surface area contributed by atoms with Gasteiger partial charge in [-0.2, -0.15) is 0 Å². The van der Waals surface area contributed by atoms with Gasteiger partial charge in [-0.25, -0.2) is 4.98 Å². The van der Waals surface area contributed by atoms with Gasteiger partial charge in [-0.1, -0.05) is 27.2 Å². The van der Waals surface area contributed by atoms with Gasteiger partial charge in [0.2, 0.25) is 0 Å². The van der Waals surface area contributed by atoms with E-state index in [0.717, 1.165) is 36.3 Å². The number of rotatable bonds is 3. The fraction of sp³-hybridized carbons (Fsp3) is 0.833. The Kier molecular flexibility index (Phi) is 3.42. The molecule has 0 aromatic carbocycles. The maximum Gasteiger partial charge on any atom is 0.0981 e. The molecule has 5 atom stereocenters. The smallest absolute Gasteiger partial charge is 0.0981 e. The van der Waals surface area contributed by atoms with Crippen molar-refractivity contribution in [1.82, 2.24) is 10.3 Å². The van der Waals surface area contributed by atoms with E-state index in [0.29, 0.717) is 0 Å². The summed E-state index contributed by atoms with van der Waals surface area (Å²) in [5.74, 6) is 4.20. The van der Waals surface area contributed by atoms with Crippen molar-refractivity contribution in [3.8, 4) is 0 Å². The molecule has 3 saturated carbocycles. The highest BCUT2D eigenvalue weighted by Crippen LogP contribution is 2.58. The molecule has 2 bridgehead atoms. The Hall–Kier alpha value is -0.410. The predicted molar refractivity (Wildman–Crippen MR) is 88.5 cm³/mol. The zero-order valence-electron chi connectivity index (χ0n) is 13.6. The van der Waals surface area contributed by atoms with Crippen LogP contribution in [0.4, 0.5) is 0 Å². The molecule has 2 nitrogen and oxygen atoms in total. The van der Waals surface area contributed by atoms with Crippen LogP contribution in [0.25, 0.3) is 0 Å². The largest absolute Gasteiger partial charge is 0.309 e. The normalized spacial score (nSPS) is 38.1. The van der Waals surface area contributed by atoms with Crippen LogP contribution in [-0.2, 0) is 12.0 Å². The summed E-state index contributed by atoms with van der Waals surface area (Å²) in [5, 5.41) is 5.14. The first kappa shape index (κ1) is 14.2. The Labute approximate surface area is 132 Å². The molecular formula is C18H28N2S. The maximum atomic E-state index is 4.61. The molecule has 1 aromatic rings. The zero-order valence-corrected chi connectivity index (χ0v) is 14.4. The summed E-state index contributed by atoms with van der Waals surface area (Å²) in [4.78, 5) is 6.02. The molecule has 3 aliphatic carbocycles. The van der Waals surface area contributed by atoms with Gasteiger partial charge in [-0.3, -0.25) is 0 Å². The van der Waals surface area contributed by atoms with Gasteiger partial charge in [0.1, 0.15) is 0 Å². The second-order valence-electron chi connectivity index (χ2n) is 8.52. The fourth-order valence-corrected chi connectivity index (χ4v) is 6.19. The van der Waals surface area contributed by atoms with Crippen LogP contribution in [0.2, 0.25) is 0 Å². The van der Waals surface area contributed by atoms with Gasteiger partial charge < -0.3 is 5.32 Å². The molecule has 5 unspecified atom stereocenters. The van der Waals surface area contributed by atoms with Gasteiger partial charge in [-0.05, 0) is 49.4 Å². The molecule has 116 valence electrons. The standard InChI is InChI=1S/C18H28N2S/c1-18(2,3)17-20-10-12(21-17)9-19-16-8-11-7-15(16)14-6-4-5-13(11)14/h10-11,13-16,19H,4-9H2,1-3H3. The first-order chi connectivity index (χ1) is 10.0. The van der Waals surface area contributed by atoms with Crippen molar-refractivity contribution < 1.29 is 0 Å². The molecule has 0 radical (unpaired) electrons. The number of hydrogen-bond donors (Lipinski definition) is 1.